The number of aromatic nitrogens is 2. The predicted molar refractivity (Wildman–Crippen MR) is 125 cm³/mol. The van der Waals surface area contributed by atoms with Crippen LogP contribution in [0.5, 0.6) is 0 Å². The lowest BCUT2D eigenvalue weighted by atomic mass is 10.1. The minimum Gasteiger partial charge on any atom is -0.461 e. The molecule has 0 radical (unpaired) electrons. The third-order valence-corrected chi connectivity index (χ3v) is 6.20. The maximum atomic E-state index is 13.4. The highest BCUT2D eigenvalue weighted by Crippen LogP contribution is 2.31. The van der Waals surface area contributed by atoms with E-state index in [1.54, 1.807) is 24.4 Å². The Bertz CT molecular complexity index is 1420. The predicted octanol–water partition coefficient (Wildman–Crippen LogP) is 4.85. The number of hydrogen-bond acceptors (Lipinski definition) is 7. The van der Waals surface area contributed by atoms with Gasteiger partial charge in [-0.25, -0.2) is 4.79 Å². The van der Waals surface area contributed by atoms with Gasteiger partial charge in [0, 0.05) is 10.8 Å². The van der Waals surface area contributed by atoms with Crippen LogP contribution in [0.1, 0.15) is 39.1 Å². The number of furan rings is 1. The second kappa shape index (κ2) is 8.71. The van der Waals surface area contributed by atoms with Crippen LogP contribution in [0, 0.1) is 13.8 Å². The molecule has 1 aromatic carbocycles. The molecule has 0 bridgehead atoms. The number of carbonyl (C=O) groups excluding carboxylic acids is 2. The standard InChI is InChI=1S/C22H18BrN3O5S/c1-4-30-22(29)18-14-10-32-20(24-19(27)15-7-8-16(23)31-15)17(14)21(28)26(25-18)13-6-5-11(2)12(3)9-13/h5-10H,4H2,1-3H3,(H,24,27). The number of halogens is 1. The Morgan fingerprint density at radius 2 is 2.00 bits per heavy atom. The highest BCUT2D eigenvalue weighted by molar-refractivity contribution is 9.10. The number of nitrogens with one attached hydrogen (secondary N) is 1. The van der Waals surface area contributed by atoms with Gasteiger partial charge in [0.05, 0.1) is 17.7 Å². The molecule has 0 aliphatic heterocycles. The summed E-state index contributed by atoms with van der Waals surface area (Å²) >= 11 is 4.28. The summed E-state index contributed by atoms with van der Waals surface area (Å²) in [6, 6.07) is 8.54. The van der Waals surface area contributed by atoms with Crippen molar-refractivity contribution in [3.05, 3.63) is 73.3 Å². The molecule has 4 rings (SSSR count). The normalized spacial score (nSPS) is 11.0. The molecule has 1 amide bonds. The molecule has 8 nitrogen and oxygen atoms in total. The van der Waals surface area contributed by atoms with Crippen molar-refractivity contribution in [1.82, 2.24) is 9.78 Å². The Morgan fingerprint density at radius 3 is 2.66 bits per heavy atom. The fraction of sp³-hybridized carbons (Fsp3) is 0.182. The van der Waals surface area contributed by atoms with E-state index >= 15 is 0 Å². The summed E-state index contributed by atoms with van der Waals surface area (Å²) in [6.07, 6.45) is 0. The summed E-state index contributed by atoms with van der Waals surface area (Å²) in [5, 5.41) is 9.39. The van der Waals surface area contributed by atoms with E-state index in [0.717, 1.165) is 27.1 Å². The zero-order chi connectivity index (χ0) is 23.0. The number of hydrogen-bond donors (Lipinski definition) is 1. The van der Waals surface area contributed by atoms with E-state index in [2.05, 4.69) is 26.3 Å². The van der Waals surface area contributed by atoms with Crippen molar-refractivity contribution in [2.24, 2.45) is 0 Å². The molecule has 0 fully saturated rings. The van der Waals surface area contributed by atoms with Gasteiger partial charge in [0.25, 0.3) is 11.5 Å². The maximum absolute atomic E-state index is 13.4. The Labute approximate surface area is 194 Å². The highest BCUT2D eigenvalue weighted by Gasteiger charge is 2.24. The average Bonchev–Trinajstić information content (AvgIpc) is 3.37. The smallest absolute Gasteiger partial charge is 0.359 e. The number of esters is 1. The first-order chi connectivity index (χ1) is 15.3. The van der Waals surface area contributed by atoms with E-state index < -0.39 is 17.4 Å². The lowest BCUT2D eigenvalue weighted by molar-refractivity contribution is 0.0520. The summed E-state index contributed by atoms with van der Waals surface area (Å²) < 4.78 is 12.0. The summed E-state index contributed by atoms with van der Waals surface area (Å²) in [7, 11) is 0. The third kappa shape index (κ3) is 3.98. The second-order valence-corrected chi connectivity index (χ2v) is 8.63. The fourth-order valence-electron chi connectivity index (χ4n) is 3.13. The molecule has 0 saturated carbocycles. The van der Waals surface area contributed by atoms with E-state index in [4.69, 9.17) is 9.15 Å². The molecule has 0 atom stereocenters. The van der Waals surface area contributed by atoms with Gasteiger partial charge in [0.1, 0.15) is 5.00 Å². The maximum Gasteiger partial charge on any atom is 0.359 e. The van der Waals surface area contributed by atoms with Gasteiger partial charge >= 0.3 is 5.97 Å². The van der Waals surface area contributed by atoms with Gasteiger partial charge in [0.15, 0.2) is 16.1 Å². The zero-order valence-corrected chi connectivity index (χ0v) is 19.8. The summed E-state index contributed by atoms with van der Waals surface area (Å²) in [5.41, 5.74) is 2.06. The number of amides is 1. The molecule has 164 valence electrons. The molecule has 4 aromatic rings. The van der Waals surface area contributed by atoms with Crippen molar-refractivity contribution in [1.29, 1.82) is 0 Å². The molecule has 0 saturated heterocycles. The summed E-state index contributed by atoms with van der Waals surface area (Å²) in [4.78, 5) is 38.7. The van der Waals surface area contributed by atoms with Crippen molar-refractivity contribution < 1.29 is 18.7 Å². The molecule has 0 unspecified atom stereocenters. The minimum atomic E-state index is -0.652. The number of anilines is 1. The number of thiophene rings is 1. The first-order valence-electron chi connectivity index (χ1n) is 9.66. The van der Waals surface area contributed by atoms with Gasteiger partial charge in [-0.05, 0) is 72.1 Å². The molecule has 0 spiro atoms. The van der Waals surface area contributed by atoms with Crippen LogP contribution in [0.4, 0.5) is 5.00 Å². The monoisotopic (exact) mass is 515 g/mol. The summed E-state index contributed by atoms with van der Waals surface area (Å²) in [5.74, 6) is -1.10. The van der Waals surface area contributed by atoms with Crippen molar-refractivity contribution in [3.63, 3.8) is 0 Å². The molecule has 0 aliphatic rings. The van der Waals surface area contributed by atoms with Crippen molar-refractivity contribution in [2.75, 3.05) is 11.9 Å². The topological polar surface area (TPSA) is 103 Å². The average molecular weight is 516 g/mol. The number of nitrogens with zero attached hydrogens (tertiary/aromatic N) is 2. The molecule has 32 heavy (non-hydrogen) atoms. The van der Waals surface area contributed by atoms with Crippen LogP contribution < -0.4 is 10.9 Å². The third-order valence-electron chi connectivity index (χ3n) is 4.88. The van der Waals surface area contributed by atoms with Gasteiger partial charge in [-0.15, -0.1) is 11.3 Å². The molecule has 3 aromatic heterocycles. The molecule has 0 aliphatic carbocycles. The number of fused-ring (bicyclic) bond motifs is 1. The van der Waals surface area contributed by atoms with Crippen LogP contribution in [0.25, 0.3) is 16.5 Å². The second-order valence-electron chi connectivity index (χ2n) is 6.97. The van der Waals surface area contributed by atoms with E-state index in [9.17, 15) is 14.4 Å². The van der Waals surface area contributed by atoms with E-state index in [0.29, 0.717) is 15.7 Å². The van der Waals surface area contributed by atoms with Crippen molar-refractivity contribution in [3.8, 4) is 5.69 Å². The largest absolute Gasteiger partial charge is 0.461 e. The fourth-order valence-corrected chi connectivity index (χ4v) is 4.36. The zero-order valence-electron chi connectivity index (χ0n) is 17.4. The van der Waals surface area contributed by atoms with Gasteiger partial charge in [-0.1, -0.05) is 6.07 Å². The Kier molecular flexibility index (Phi) is 5.98. The lowest BCUT2D eigenvalue weighted by Gasteiger charge is -2.11. The van der Waals surface area contributed by atoms with E-state index in [1.165, 1.54) is 6.07 Å². The van der Waals surface area contributed by atoms with Crippen LogP contribution in [-0.2, 0) is 4.74 Å². The molecule has 3 heterocycles. The number of ether oxygens (including phenoxy) is 1. The lowest BCUT2D eigenvalue weighted by Crippen LogP contribution is -2.25. The van der Waals surface area contributed by atoms with Gasteiger partial charge in [-0.3, -0.25) is 9.59 Å². The van der Waals surface area contributed by atoms with E-state index in [1.807, 2.05) is 26.0 Å². The van der Waals surface area contributed by atoms with Crippen LogP contribution >= 0.6 is 27.3 Å². The van der Waals surface area contributed by atoms with Crippen LogP contribution in [0.15, 0.2) is 49.6 Å². The number of rotatable bonds is 5. The highest BCUT2D eigenvalue weighted by atomic mass is 79.9. The Morgan fingerprint density at radius 1 is 1.22 bits per heavy atom. The first-order valence-corrected chi connectivity index (χ1v) is 11.3. The SMILES string of the molecule is CCOC(=O)c1nn(-c2ccc(C)c(C)c2)c(=O)c2c(NC(=O)c3ccc(Br)o3)scc12. The minimum absolute atomic E-state index is 0.00262. The quantitative estimate of drug-likeness (QED) is 0.381. The van der Waals surface area contributed by atoms with Gasteiger partial charge in [0.2, 0.25) is 0 Å². The van der Waals surface area contributed by atoms with Gasteiger partial charge in [-0.2, -0.15) is 9.78 Å². The number of carbonyl (C=O) groups is 2. The first kappa shape index (κ1) is 22.0. The molecule has 10 heteroatoms. The Hall–Kier alpha value is -3.24. The summed E-state index contributed by atoms with van der Waals surface area (Å²) in [6.45, 7) is 5.73. The van der Waals surface area contributed by atoms with Crippen molar-refractivity contribution in [2.45, 2.75) is 20.8 Å². The van der Waals surface area contributed by atoms with Crippen LogP contribution in [0.3, 0.4) is 0 Å². The van der Waals surface area contributed by atoms with Crippen LogP contribution in [-0.4, -0.2) is 28.3 Å². The Balaban J connectivity index is 1.91. The molecule has 1 N–H and O–H groups in total. The van der Waals surface area contributed by atoms with Gasteiger partial charge < -0.3 is 14.5 Å². The van der Waals surface area contributed by atoms with Crippen LogP contribution in [0.2, 0.25) is 0 Å². The molecular formula is C22H18BrN3O5S. The number of aryl methyl sites for hydroxylation is 2. The van der Waals surface area contributed by atoms with E-state index in [-0.39, 0.29) is 28.4 Å². The van der Waals surface area contributed by atoms with Crippen molar-refractivity contribution >= 4 is 54.9 Å². The number of benzene rings is 1. The molecular weight excluding hydrogens is 498 g/mol.